The number of fused-ring (bicyclic) bond motifs is 1. The van der Waals surface area contributed by atoms with Gasteiger partial charge in [0.2, 0.25) is 5.91 Å². The zero-order valence-corrected chi connectivity index (χ0v) is 14.4. The van der Waals surface area contributed by atoms with Crippen molar-refractivity contribution in [1.29, 1.82) is 0 Å². The Bertz CT molecular complexity index is 792. The Morgan fingerprint density at radius 2 is 2.04 bits per heavy atom. The molecule has 6 nitrogen and oxygen atoms in total. The molecule has 0 saturated heterocycles. The van der Waals surface area contributed by atoms with Crippen molar-refractivity contribution in [3.8, 4) is 11.5 Å². The van der Waals surface area contributed by atoms with Gasteiger partial charge in [0.1, 0.15) is 18.0 Å². The van der Waals surface area contributed by atoms with Crippen molar-refractivity contribution in [2.24, 2.45) is 0 Å². The second kappa shape index (κ2) is 7.44. The maximum absolute atomic E-state index is 12.2. The summed E-state index contributed by atoms with van der Waals surface area (Å²) in [4.78, 5) is 25.7. The smallest absolute Gasteiger partial charge is 0.265 e. The lowest BCUT2D eigenvalue weighted by atomic mass is 10.2. The van der Waals surface area contributed by atoms with E-state index in [-0.39, 0.29) is 25.0 Å². The fourth-order valence-corrected chi connectivity index (χ4v) is 2.66. The van der Waals surface area contributed by atoms with Crippen LogP contribution in [0.3, 0.4) is 0 Å². The Labute approximate surface area is 150 Å². The number of nitrogens with zero attached hydrogens (tertiary/aromatic N) is 1. The molecule has 0 saturated carbocycles. The van der Waals surface area contributed by atoms with E-state index in [4.69, 9.17) is 21.1 Å². The minimum absolute atomic E-state index is 0.0764. The Hall–Kier alpha value is -2.73. The van der Waals surface area contributed by atoms with Crippen molar-refractivity contribution in [2.45, 2.75) is 6.54 Å². The van der Waals surface area contributed by atoms with Gasteiger partial charge in [-0.1, -0.05) is 23.7 Å². The van der Waals surface area contributed by atoms with Crippen molar-refractivity contribution >= 4 is 29.1 Å². The van der Waals surface area contributed by atoms with Crippen LogP contribution in [0.5, 0.6) is 11.5 Å². The third-order valence-corrected chi connectivity index (χ3v) is 4.05. The lowest BCUT2D eigenvalue weighted by Gasteiger charge is -2.28. The zero-order valence-electron chi connectivity index (χ0n) is 13.6. The van der Waals surface area contributed by atoms with Gasteiger partial charge in [-0.15, -0.1) is 0 Å². The van der Waals surface area contributed by atoms with Gasteiger partial charge < -0.3 is 14.8 Å². The summed E-state index contributed by atoms with van der Waals surface area (Å²) in [5.74, 6) is 0.723. The van der Waals surface area contributed by atoms with E-state index >= 15 is 0 Å². The highest BCUT2D eigenvalue weighted by Crippen LogP contribution is 2.34. The topological polar surface area (TPSA) is 67.9 Å². The third-order valence-electron chi connectivity index (χ3n) is 3.82. The number of halogens is 1. The molecule has 0 aliphatic carbocycles. The van der Waals surface area contributed by atoms with E-state index in [1.54, 1.807) is 25.3 Å². The Balaban J connectivity index is 1.63. The normalized spacial score (nSPS) is 13.0. The Morgan fingerprint density at radius 1 is 1.28 bits per heavy atom. The number of rotatable bonds is 5. The first-order chi connectivity index (χ1) is 12.1. The summed E-state index contributed by atoms with van der Waals surface area (Å²) in [6.45, 7) is 0.181. The van der Waals surface area contributed by atoms with Gasteiger partial charge in [-0.2, -0.15) is 0 Å². The quantitative estimate of drug-likeness (QED) is 0.889. The SMILES string of the molecule is COc1ccc(CNC(=O)CN2C(=O)COc3cc(Cl)ccc32)cc1. The molecule has 0 bridgehead atoms. The van der Waals surface area contributed by atoms with Crippen LogP contribution in [0.15, 0.2) is 42.5 Å². The molecule has 7 heteroatoms. The van der Waals surface area contributed by atoms with Crippen molar-refractivity contribution in [2.75, 3.05) is 25.2 Å². The van der Waals surface area contributed by atoms with Crippen molar-refractivity contribution in [3.63, 3.8) is 0 Å². The first-order valence-corrected chi connectivity index (χ1v) is 8.07. The molecule has 1 aliphatic heterocycles. The molecule has 0 aromatic heterocycles. The minimum Gasteiger partial charge on any atom is -0.497 e. The van der Waals surface area contributed by atoms with Gasteiger partial charge in [0.15, 0.2) is 6.61 Å². The van der Waals surface area contributed by atoms with E-state index in [0.717, 1.165) is 11.3 Å². The number of carbonyl (C=O) groups is 2. The molecule has 1 N–H and O–H groups in total. The summed E-state index contributed by atoms with van der Waals surface area (Å²) in [5.41, 5.74) is 1.48. The van der Waals surface area contributed by atoms with Crippen molar-refractivity contribution < 1.29 is 19.1 Å². The molecule has 2 aromatic carbocycles. The van der Waals surface area contributed by atoms with Crippen LogP contribution in [0.1, 0.15) is 5.56 Å². The highest BCUT2D eigenvalue weighted by Gasteiger charge is 2.27. The molecular weight excluding hydrogens is 344 g/mol. The minimum atomic E-state index is -0.269. The van der Waals surface area contributed by atoms with E-state index in [9.17, 15) is 9.59 Å². The fourth-order valence-electron chi connectivity index (χ4n) is 2.50. The number of ether oxygens (including phenoxy) is 2. The summed E-state index contributed by atoms with van der Waals surface area (Å²) >= 11 is 5.93. The monoisotopic (exact) mass is 360 g/mol. The molecular formula is C18H17ClN2O4. The first kappa shape index (κ1) is 17.1. The van der Waals surface area contributed by atoms with Gasteiger partial charge in [0, 0.05) is 17.6 Å². The van der Waals surface area contributed by atoms with Gasteiger partial charge in [-0.05, 0) is 29.8 Å². The summed E-state index contributed by atoms with van der Waals surface area (Å²) in [6, 6.07) is 12.4. The second-order valence-electron chi connectivity index (χ2n) is 5.51. The lowest BCUT2D eigenvalue weighted by Crippen LogP contribution is -2.45. The number of nitrogens with one attached hydrogen (secondary N) is 1. The summed E-state index contributed by atoms with van der Waals surface area (Å²) < 4.78 is 10.5. The predicted molar refractivity (Wildman–Crippen MR) is 94.1 cm³/mol. The van der Waals surface area contributed by atoms with Crippen LogP contribution in [0.2, 0.25) is 5.02 Å². The summed E-state index contributed by atoms with van der Waals surface area (Å²) in [5, 5.41) is 3.32. The van der Waals surface area contributed by atoms with Crippen molar-refractivity contribution in [3.05, 3.63) is 53.1 Å². The Morgan fingerprint density at radius 3 is 2.76 bits per heavy atom. The average Bonchev–Trinajstić information content (AvgIpc) is 2.63. The molecule has 0 fully saturated rings. The summed E-state index contributed by atoms with van der Waals surface area (Å²) in [6.07, 6.45) is 0. The van der Waals surface area contributed by atoms with E-state index < -0.39 is 0 Å². The van der Waals surface area contributed by atoms with E-state index in [2.05, 4.69) is 5.32 Å². The first-order valence-electron chi connectivity index (χ1n) is 7.69. The maximum Gasteiger partial charge on any atom is 0.265 e. The molecule has 0 atom stereocenters. The largest absolute Gasteiger partial charge is 0.497 e. The number of methoxy groups -OCH3 is 1. The lowest BCUT2D eigenvalue weighted by molar-refractivity contribution is -0.125. The number of hydrogen-bond donors (Lipinski definition) is 1. The standard InChI is InChI=1S/C18H17ClN2O4/c1-24-14-5-2-12(3-6-14)9-20-17(22)10-21-15-7-4-13(19)8-16(15)25-11-18(21)23/h2-8H,9-11H2,1H3,(H,20,22). The molecule has 2 aromatic rings. The van der Waals surface area contributed by atoms with Crippen LogP contribution < -0.4 is 19.7 Å². The third kappa shape index (κ3) is 4.03. The van der Waals surface area contributed by atoms with E-state index in [0.29, 0.717) is 23.0 Å². The zero-order chi connectivity index (χ0) is 17.8. The Kier molecular flexibility index (Phi) is 5.09. The van der Waals surface area contributed by atoms with Crippen LogP contribution in [-0.4, -0.2) is 32.1 Å². The maximum atomic E-state index is 12.2. The highest BCUT2D eigenvalue weighted by atomic mass is 35.5. The molecule has 0 unspecified atom stereocenters. The molecule has 3 rings (SSSR count). The number of benzene rings is 2. The average molecular weight is 361 g/mol. The van der Waals surface area contributed by atoms with Crippen LogP contribution in [0.4, 0.5) is 5.69 Å². The second-order valence-corrected chi connectivity index (χ2v) is 5.94. The van der Waals surface area contributed by atoms with Gasteiger partial charge in [0.05, 0.1) is 12.8 Å². The fraction of sp³-hybridized carbons (Fsp3) is 0.222. The van der Waals surface area contributed by atoms with Crippen molar-refractivity contribution in [1.82, 2.24) is 5.32 Å². The summed E-state index contributed by atoms with van der Waals surface area (Å²) in [7, 11) is 1.60. The highest BCUT2D eigenvalue weighted by molar-refractivity contribution is 6.30. The number of amides is 2. The molecule has 0 radical (unpaired) electrons. The van der Waals surface area contributed by atoms with Crippen LogP contribution in [0.25, 0.3) is 0 Å². The molecule has 2 amide bonds. The van der Waals surface area contributed by atoms with Crippen LogP contribution in [-0.2, 0) is 16.1 Å². The van der Waals surface area contributed by atoms with Gasteiger partial charge in [-0.3, -0.25) is 14.5 Å². The molecule has 0 spiro atoms. The number of hydrogen-bond acceptors (Lipinski definition) is 4. The van der Waals surface area contributed by atoms with Crippen LogP contribution in [0, 0.1) is 0 Å². The predicted octanol–water partition coefficient (Wildman–Crippen LogP) is 2.39. The molecule has 1 heterocycles. The van der Waals surface area contributed by atoms with Crippen LogP contribution >= 0.6 is 11.6 Å². The van der Waals surface area contributed by atoms with E-state index in [1.807, 2.05) is 24.3 Å². The number of anilines is 1. The van der Waals surface area contributed by atoms with Gasteiger partial charge in [-0.25, -0.2) is 0 Å². The molecule has 1 aliphatic rings. The number of carbonyl (C=O) groups excluding carboxylic acids is 2. The molecule has 25 heavy (non-hydrogen) atoms. The molecule has 130 valence electrons. The van der Waals surface area contributed by atoms with Gasteiger partial charge in [0.25, 0.3) is 5.91 Å². The van der Waals surface area contributed by atoms with E-state index in [1.165, 1.54) is 4.90 Å². The van der Waals surface area contributed by atoms with Gasteiger partial charge >= 0.3 is 0 Å².